The molecule has 3 atom stereocenters. The minimum absolute atomic E-state index is 0.0678. The van der Waals surface area contributed by atoms with Gasteiger partial charge in [-0.2, -0.15) is 5.26 Å². The highest BCUT2D eigenvalue weighted by molar-refractivity contribution is 5.81. The molecule has 5 rings (SSSR count). The maximum Gasteiger partial charge on any atom is 0.270 e. The lowest BCUT2D eigenvalue weighted by atomic mass is 9.71. The monoisotopic (exact) mass is 535 g/mol. The Morgan fingerprint density at radius 2 is 1.87 bits per heavy atom. The molecule has 3 unspecified atom stereocenters. The number of likely N-dealkylation sites (tertiary alicyclic amines) is 1. The summed E-state index contributed by atoms with van der Waals surface area (Å²) in [5.74, 6) is -3.24. The molecule has 3 aromatic rings. The Bertz CT molecular complexity index is 1430. The van der Waals surface area contributed by atoms with Crippen LogP contribution in [0.4, 0.5) is 18.9 Å². The number of carbonyl (C=O) groups excluding carboxylic acids is 1. The third-order valence-electron chi connectivity index (χ3n) is 7.80. The number of alkyl halides is 1. The average Bonchev–Trinajstić information content (AvgIpc) is 2.88. The first kappa shape index (κ1) is 26.6. The van der Waals surface area contributed by atoms with E-state index in [-0.39, 0.29) is 17.0 Å². The number of halogens is 3. The Balaban J connectivity index is 1.28. The predicted octanol–water partition coefficient (Wildman–Crippen LogP) is 3.14. The number of rotatable bonds is 7. The molecule has 0 bridgehead atoms. The second-order valence-corrected chi connectivity index (χ2v) is 10.6. The van der Waals surface area contributed by atoms with Gasteiger partial charge in [0, 0.05) is 50.0 Å². The Morgan fingerprint density at radius 1 is 1.13 bits per heavy atom. The second kappa shape index (κ2) is 9.94. The zero-order valence-electron chi connectivity index (χ0n) is 21.5. The molecule has 2 saturated heterocycles. The first-order valence-corrected chi connectivity index (χ1v) is 12.5. The third-order valence-corrected chi connectivity index (χ3v) is 7.80. The van der Waals surface area contributed by atoms with E-state index in [1.165, 1.54) is 13.0 Å². The molecule has 8 nitrogen and oxygen atoms in total. The third kappa shape index (κ3) is 4.93. The van der Waals surface area contributed by atoms with E-state index in [1.54, 1.807) is 24.7 Å². The van der Waals surface area contributed by atoms with Gasteiger partial charge >= 0.3 is 0 Å². The summed E-state index contributed by atoms with van der Waals surface area (Å²) in [4.78, 5) is 25.4. The molecule has 3 N–H and O–H groups in total. The van der Waals surface area contributed by atoms with E-state index in [2.05, 4.69) is 38.1 Å². The molecule has 1 spiro atoms. The number of benzene rings is 1. The van der Waals surface area contributed by atoms with Crippen molar-refractivity contribution in [2.24, 2.45) is 11.1 Å². The number of amides is 1. The van der Waals surface area contributed by atoms with Gasteiger partial charge in [0.15, 0.2) is 11.6 Å². The first-order chi connectivity index (χ1) is 18.5. The lowest BCUT2D eigenvalue weighted by Gasteiger charge is -2.62. The highest BCUT2D eigenvalue weighted by atomic mass is 19.2. The summed E-state index contributed by atoms with van der Waals surface area (Å²) in [6.07, 6.45) is 2.71. The quantitative estimate of drug-likeness (QED) is 0.447. The highest BCUT2D eigenvalue weighted by Gasteiger charge is 2.53. The molecule has 202 valence electrons. The van der Waals surface area contributed by atoms with Gasteiger partial charge in [-0.1, -0.05) is 12.1 Å². The zero-order chi connectivity index (χ0) is 27.9. The summed E-state index contributed by atoms with van der Waals surface area (Å²) in [7, 11) is 0. The molecule has 2 fully saturated rings. The minimum atomic E-state index is -2.29. The summed E-state index contributed by atoms with van der Waals surface area (Å²) < 4.78 is 41.2. The molecule has 2 aliphatic heterocycles. The van der Waals surface area contributed by atoms with Gasteiger partial charge in [-0.05, 0) is 49.2 Å². The van der Waals surface area contributed by atoms with Gasteiger partial charge in [-0.25, -0.2) is 13.2 Å². The van der Waals surface area contributed by atoms with Gasteiger partial charge in [-0.15, -0.1) is 0 Å². The number of anilines is 1. The van der Waals surface area contributed by atoms with Crippen LogP contribution in [0.5, 0.6) is 0 Å². The highest BCUT2D eigenvalue weighted by Crippen LogP contribution is 2.45. The van der Waals surface area contributed by atoms with Crippen molar-refractivity contribution in [3.63, 3.8) is 0 Å². The van der Waals surface area contributed by atoms with Crippen LogP contribution in [0.25, 0.3) is 0 Å². The molecule has 2 aliphatic rings. The maximum atomic E-state index is 14.0. The summed E-state index contributed by atoms with van der Waals surface area (Å²) >= 11 is 0. The Morgan fingerprint density at radius 3 is 2.49 bits per heavy atom. The van der Waals surface area contributed by atoms with E-state index in [4.69, 9.17) is 11.0 Å². The van der Waals surface area contributed by atoms with Crippen molar-refractivity contribution in [2.75, 3.05) is 31.1 Å². The summed E-state index contributed by atoms with van der Waals surface area (Å²) in [5.41, 5.74) is 6.81. The number of nitriles is 1. The fourth-order valence-electron chi connectivity index (χ4n) is 5.46. The fourth-order valence-corrected chi connectivity index (χ4v) is 5.46. The van der Waals surface area contributed by atoms with Crippen LogP contribution in [-0.4, -0.2) is 53.2 Å². The van der Waals surface area contributed by atoms with Gasteiger partial charge in [0.2, 0.25) is 6.30 Å². The zero-order valence-corrected chi connectivity index (χ0v) is 21.5. The van der Waals surface area contributed by atoms with Crippen molar-refractivity contribution in [3.05, 3.63) is 89.0 Å². The molecule has 39 heavy (non-hydrogen) atoms. The largest absolute Gasteiger partial charge is 0.369 e. The van der Waals surface area contributed by atoms with Crippen molar-refractivity contribution >= 4 is 11.6 Å². The second-order valence-electron chi connectivity index (χ2n) is 10.6. The number of hydrogen-bond donors (Lipinski definition) is 2. The SMILES string of the molecule is CC(c1ccc(C(C)(NC(=O)C(N)F)c2ccc(F)c(F)c2)nc1)N1CC2(CN(c3cncc(C#N)c3)C2)C1. The van der Waals surface area contributed by atoms with E-state index >= 15 is 0 Å². The lowest BCUT2D eigenvalue weighted by Crippen LogP contribution is -2.72. The molecule has 4 heterocycles. The maximum absolute atomic E-state index is 14.0. The first-order valence-electron chi connectivity index (χ1n) is 12.5. The Hall–Kier alpha value is -4.01. The standard InChI is InChI=1S/C28H28F3N7O/c1-17(37-13-28(14-37)15-38(16-28)21-7-18(9-32)10-34-12-21)19-3-6-24(35-11-19)27(2,36-26(39)25(31)33)20-4-5-22(29)23(30)8-20/h3-8,10-12,17,25H,13-16,33H2,1-2H3,(H,36,39). The lowest BCUT2D eigenvalue weighted by molar-refractivity contribution is -0.127. The summed E-state index contributed by atoms with van der Waals surface area (Å²) in [5, 5.41) is 11.6. The van der Waals surface area contributed by atoms with Crippen molar-refractivity contribution in [3.8, 4) is 6.07 Å². The van der Waals surface area contributed by atoms with Crippen LogP contribution in [0.3, 0.4) is 0 Å². The fraction of sp³-hybridized carbons (Fsp3) is 0.357. The Labute approximate surface area is 224 Å². The van der Waals surface area contributed by atoms with Crippen LogP contribution in [0.1, 0.15) is 42.3 Å². The smallest absolute Gasteiger partial charge is 0.270 e. The summed E-state index contributed by atoms with van der Waals surface area (Å²) in [6, 6.07) is 10.8. The van der Waals surface area contributed by atoms with E-state index < -0.39 is 29.4 Å². The molecule has 11 heteroatoms. The number of pyridine rings is 2. The van der Waals surface area contributed by atoms with Crippen molar-refractivity contribution in [1.82, 2.24) is 20.2 Å². The number of hydrogen-bond acceptors (Lipinski definition) is 7. The van der Waals surface area contributed by atoms with E-state index in [9.17, 15) is 18.0 Å². The molecular formula is C28H28F3N7O. The Kier molecular flexibility index (Phi) is 6.78. The summed E-state index contributed by atoms with van der Waals surface area (Å²) in [6.45, 7) is 7.23. The molecule has 1 amide bonds. The minimum Gasteiger partial charge on any atom is -0.369 e. The number of nitrogens with one attached hydrogen (secondary N) is 1. The number of nitrogens with two attached hydrogens (primary N) is 1. The van der Waals surface area contributed by atoms with Crippen molar-refractivity contribution < 1.29 is 18.0 Å². The van der Waals surface area contributed by atoms with Crippen molar-refractivity contribution in [1.29, 1.82) is 5.26 Å². The van der Waals surface area contributed by atoms with Crippen LogP contribution in [-0.2, 0) is 10.3 Å². The molecule has 0 saturated carbocycles. The van der Waals surface area contributed by atoms with Crippen LogP contribution < -0.4 is 16.0 Å². The van der Waals surface area contributed by atoms with Gasteiger partial charge in [-0.3, -0.25) is 25.4 Å². The normalized spacial score (nSPS) is 19.3. The van der Waals surface area contributed by atoms with Crippen LogP contribution >= 0.6 is 0 Å². The average molecular weight is 536 g/mol. The van der Waals surface area contributed by atoms with Gasteiger partial charge in [0.25, 0.3) is 5.91 Å². The van der Waals surface area contributed by atoms with Gasteiger partial charge in [0.1, 0.15) is 11.6 Å². The van der Waals surface area contributed by atoms with E-state index in [0.717, 1.165) is 49.6 Å². The molecule has 0 aliphatic carbocycles. The topological polar surface area (TPSA) is 111 Å². The van der Waals surface area contributed by atoms with Gasteiger partial charge in [0.05, 0.1) is 23.1 Å². The van der Waals surface area contributed by atoms with Crippen LogP contribution in [0.15, 0.2) is 55.0 Å². The predicted molar refractivity (Wildman–Crippen MR) is 138 cm³/mol. The number of carbonyl (C=O) groups is 1. The molecule has 2 aromatic heterocycles. The van der Waals surface area contributed by atoms with E-state index in [1.807, 2.05) is 12.1 Å². The molecule has 0 radical (unpaired) electrons. The number of nitrogens with zero attached hydrogens (tertiary/aromatic N) is 5. The van der Waals surface area contributed by atoms with Crippen molar-refractivity contribution in [2.45, 2.75) is 31.7 Å². The van der Waals surface area contributed by atoms with Gasteiger partial charge < -0.3 is 10.2 Å². The van der Waals surface area contributed by atoms with E-state index in [0.29, 0.717) is 11.3 Å². The molecule has 1 aromatic carbocycles. The van der Waals surface area contributed by atoms with Crippen LogP contribution in [0, 0.1) is 28.4 Å². The molecular weight excluding hydrogens is 507 g/mol. The number of aromatic nitrogens is 2. The van der Waals surface area contributed by atoms with Crippen LogP contribution in [0.2, 0.25) is 0 Å².